The van der Waals surface area contributed by atoms with Crippen molar-refractivity contribution >= 4 is 29.1 Å². The van der Waals surface area contributed by atoms with Gasteiger partial charge in [0.2, 0.25) is 0 Å². The van der Waals surface area contributed by atoms with Crippen LogP contribution in [-0.4, -0.2) is 31.0 Å². The maximum atomic E-state index is 12.3. The number of benzene rings is 2. The first-order valence-corrected chi connectivity index (χ1v) is 7.63. The van der Waals surface area contributed by atoms with Crippen LogP contribution in [0.1, 0.15) is 15.9 Å². The maximum Gasteiger partial charge on any atom is 0.255 e. The van der Waals surface area contributed by atoms with Crippen LogP contribution >= 0.6 is 23.2 Å². The SMILES string of the molecule is Cc1ccccc1OCCN(C)C(=O)c1ccc(Cl)cc1Cl. The molecule has 0 aliphatic heterocycles. The fourth-order valence-electron chi connectivity index (χ4n) is 1.98. The van der Waals surface area contributed by atoms with Crippen molar-refractivity contribution in [2.24, 2.45) is 0 Å². The molecule has 22 heavy (non-hydrogen) atoms. The minimum atomic E-state index is -0.157. The molecule has 5 heteroatoms. The number of halogens is 2. The summed E-state index contributed by atoms with van der Waals surface area (Å²) in [6.45, 7) is 2.86. The number of rotatable bonds is 5. The van der Waals surface area contributed by atoms with E-state index in [2.05, 4.69) is 0 Å². The third-order valence-electron chi connectivity index (χ3n) is 3.29. The van der Waals surface area contributed by atoms with Gasteiger partial charge in [-0.15, -0.1) is 0 Å². The Morgan fingerprint density at radius 2 is 1.91 bits per heavy atom. The highest BCUT2D eigenvalue weighted by Gasteiger charge is 2.15. The van der Waals surface area contributed by atoms with Crippen LogP contribution in [-0.2, 0) is 0 Å². The number of amides is 1. The van der Waals surface area contributed by atoms with Crippen molar-refractivity contribution in [1.29, 1.82) is 0 Å². The molecular formula is C17H17Cl2NO2. The Labute approximate surface area is 140 Å². The molecule has 2 aromatic rings. The summed E-state index contributed by atoms with van der Waals surface area (Å²) in [6, 6.07) is 12.6. The van der Waals surface area contributed by atoms with E-state index in [1.165, 1.54) is 0 Å². The van der Waals surface area contributed by atoms with Gasteiger partial charge in [0.1, 0.15) is 12.4 Å². The predicted molar refractivity (Wildman–Crippen MR) is 90.1 cm³/mol. The molecule has 0 saturated carbocycles. The Balaban J connectivity index is 1.93. The monoisotopic (exact) mass is 337 g/mol. The van der Waals surface area contributed by atoms with Crippen LogP contribution < -0.4 is 4.74 Å². The molecule has 0 unspecified atom stereocenters. The smallest absolute Gasteiger partial charge is 0.255 e. The molecule has 116 valence electrons. The van der Waals surface area contributed by atoms with Crippen LogP contribution in [0.5, 0.6) is 5.75 Å². The lowest BCUT2D eigenvalue weighted by Gasteiger charge is -2.18. The lowest BCUT2D eigenvalue weighted by Crippen LogP contribution is -2.31. The van der Waals surface area contributed by atoms with Crippen LogP contribution in [0.4, 0.5) is 0 Å². The second kappa shape index (κ2) is 7.52. The average molecular weight is 338 g/mol. The second-order valence-corrected chi connectivity index (χ2v) is 5.81. The minimum absolute atomic E-state index is 0.157. The van der Waals surface area contributed by atoms with Crippen LogP contribution in [0.25, 0.3) is 0 Å². The number of hydrogen-bond donors (Lipinski definition) is 0. The molecule has 0 N–H and O–H groups in total. The van der Waals surface area contributed by atoms with Gasteiger partial charge in [-0.25, -0.2) is 0 Å². The van der Waals surface area contributed by atoms with E-state index in [4.69, 9.17) is 27.9 Å². The number of para-hydroxylation sites is 1. The van der Waals surface area contributed by atoms with Crippen LogP contribution in [0.15, 0.2) is 42.5 Å². The standard InChI is InChI=1S/C17H17Cl2NO2/c1-12-5-3-4-6-16(12)22-10-9-20(2)17(21)14-8-7-13(18)11-15(14)19/h3-8,11H,9-10H2,1-2H3. The van der Waals surface area contributed by atoms with Crippen LogP contribution in [0, 0.1) is 6.92 Å². The summed E-state index contributed by atoms with van der Waals surface area (Å²) < 4.78 is 5.69. The van der Waals surface area contributed by atoms with E-state index in [0.29, 0.717) is 28.8 Å². The molecule has 0 bridgehead atoms. The van der Waals surface area contributed by atoms with Gasteiger partial charge in [-0.3, -0.25) is 4.79 Å². The van der Waals surface area contributed by atoms with Crippen molar-refractivity contribution in [2.75, 3.05) is 20.2 Å². The van der Waals surface area contributed by atoms with Gasteiger partial charge in [-0.1, -0.05) is 41.4 Å². The molecule has 3 nitrogen and oxygen atoms in total. The lowest BCUT2D eigenvalue weighted by atomic mass is 10.2. The molecule has 0 aliphatic carbocycles. The maximum absolute atomic E-state index is 12.3. The van der Waals surface area contributed by atoms with Gasteiger partial charge in [-0.2, -0.15) is 0 Å². The molecule has 0 atom stereocenters. The third kappa shape index (κ3) is 4.15. The number of likely N-dealkylation sites (N-methyl/N-ethyl adjacent to an activating group) is 1. The Morgan fingerprint density at radius 1 is 1.18 bits per heavy atom. The van der Waals surface area contributed by atoms with Gasteiger partial charge < -0.3 is 9.64 Å². The number of nitrogens with zero attached hydrogens (tertiary/aromatic N) is 1. The van der Waals surface area contributed by atoms with E-state index in [1.54, 1.807) is 30.1 Å². The van der Waals surface area contributed by atoms with Gasteiger partial charge in [0, 0.05) is 12.1 Å². The fourth-order valence-corrected chi connectivity index (χ4v) is 2.47. The van der Waals surface area contributed by atoms with E-state index < -0.39 is 0 Å². The minimum Gasteiger partial charge on any atom is -0.491 e. The average Bonchev–Trinajstić information content (AvgIpc) is 2.48. The summed E-state index contributed by atoms with van der Waals surface area (Å²) in [6.07, 6.45) is 0. The highest BCUT2D eigenvalue weighted by molar-refractivity contribution is 6.36. The number of hydrogen-bond acceptors (Lipinski definition) is 2. The van der Waals surface area contributed by atoms with Gasteiger partial charge in [0.15, 0.2) is 0 Å². The summed E-state index contributed by atoms with van der Waals surface area (Å²) in [4.78, 5) is 13.9. The van der Waals surface area contributed by atoms with Gasteiger partial charge in [0.05, 0.1) is 17.1 Å². The summed E-state index contributed by atoms with van der Waals surface area (Å²) >= 11 is 11.9. The summed E-state index contributed by atoms with van der Waals surface area (Å²) in [5.41, 5.74) is 1.50. The molecule has 0 radical (unpaired) electrons. The fraction of sp³-hybridized carbons (Fsp3) is 0.235. The Bertz CT molecular complexity index is 673. The molecule has 0 aromatic heterocycles. The largest absolute Gasteiger partial charge is 0.491 e. The summed E-state index contributed by atoms with van der Waals surface area (Å²) in [5.74, 6) is 0.669. The van der Waals surface area contributed by atoms with E-state index >= 15 is 0 Å². The first kappa shape index (κ1) is 16.7. The highest BCUT2D eigenvalue weighted by atomic mass is 35.5. The zero-order valence-electron chi connectivity index (χ0n) is 12.5. The number of carbonyl (C=O) groups excluding carboxylic acids is 1. The molecule has 0 heterocycles. The Kier molecular flexibility index (Phi) is 5.69. The molecule has 2 rings (SSSR count). The van der Waals surface area contributed by atoms with E-state index in [9.17, 15) is 4.79 Å². The van der Waals surface area contributed by atoms with Gasteiger partial charge in [0.25, 0.3) is 5.91 Å². The first-order valence-electron chi connectivity index (χ1n) is 6.88. The number of ether oxygens (including phenoxy) is 1. The van der Waals surface area contributed by atoms with E-state index in [1.807, 2.05) is 31.2 Å². The molecule has 0 fully saturated rings. The molecule has 1 amide bonds. The summed E-state index contributed by atoms with van der Waals surface area (Å²) in [5, 5.41) is 0.858. The lowest BCUT2D eigenvalue weighted by molar-refractivity contribution is 0.0774. The quantitative estimate of drug-likeness (QED) is 0.806. The summed E-state index contributed by atoms with van der Waals surface area (Å²) in [7, 11) is 1.72. The predicted octanol–water partition coefficient (Wildman–Crippen LogP) is 4.45. The van der Waals surface area contributed by atoms with Crippen molar-refractivity contribution in [1.82, 2.24) is 4.90 Å². The molecule has 0 saturated heterocycles. The van der Waals surface area contributed by atoms with Crippen LogP contribution in [0.3, 0.4) is 0 Å². The third-order valence-corrected chi connectivity index (χ3v) is 3.83. The van der Waals surface area contributed by atoms with E-state index in [-0.39, 0.29) is 5.91 Å². The molecule has 0 spiro atoms. The molecule has 0 aliphatic rings. The highest BCUT2D eigenvalue weighted by Crippen LogP contribution is 2.22. The number of aryl methyl sites for hydroxylation is 1. The van der Waals surface area contributed by atoms with Gasteiger partial charge in [-0.05, 0) is 36.8 Å². The zero-order valence-corrected chi connectivity index (χ0v) is 14.0. The van der Waals surface area contributed by atoms with Crippen molar-refractivity contribution in [3.63, 3.8) is 0 Å². The van der Waals surface area contributed by atoms with E-state index in [0.717, 1.165) is 11.3 Å². The number of carbonyl (C=O) groups is 1. The molecule has 2 aromatic carbocycles. The Morgan fingerprint density at radius 3 is 2.59 bits per heavy atom. The first-order chi connectivity index (χ1) is 10.5. The normalized spacial score (nSPS) is 10.4. The Hall–Kier alpha value is -1.71. The topological polar surface area (TPSA) is 29.5 Å². The van der Waals surface area contributed by atoms with Crippen molar-refractivity contribution in [3.05, 3.63) is 63.6 Å². The van der Waals surface area contributed by atoms with Gasteiger partial charge >= 0.3 is 0 Å². The van der Waals surface area contributed by atoms with Crippen molar-refractivity contribution < 1.29 is 9.53 Å². The molecular weight excluding hydrogens is 321 g/mol. The zero-order chi connectivity index (χ0) is 16.1. The van der Waals surface area contributed by atoms with Crippen molar-refractivity contribution in [3.8, 4) is 5.75 Å². The second-order valence-electron chi connectivity index (χ2n) is 4.96. The van der Waals surface area contributed by atoms with Crippen molar-refractivity contribution in [2.45, 2.75) is 6.92 Å². The van der Waals surface area contributed by atoms with Crippen LogP contribution in [0.2, 0.25) is 10.0 Å².